The average Bonchev–Trinajstić information content (AvgIpc) is 1.98. The summed E-state index contributed by atoms with van der Waals surface area (Å²) in [5.41, 5.74) is 0. The van der Waals surface area contributed by atoms with Crippen molar-refractivity contribution in [1.29, 1.82) is 0 Å². The van der Waals surface area contributed by atoms with Crippen LogP contribution >= 0.6 is 0 Å². The number of hydrogen-bond acceptors (Lipinski definition) is 1. The Morgan fingerprint density at radius 2 is 2.10 bits per heavy atom. The van der Waals surface area contributed by atoms with E-state index in [0.717, 1.165) is 13.0 Å². The van der Waals surface area contributed by atoms with E-state index in [4.69, 9.17) is 4.74 Å². The standard InChI is InChI=1S/C8H18NO/c1-8(10-3)6-4-5-7-9-2/h8H,4-7H2,1-3H3/q-1/t8-/m0/s1. The lowest BCUT2D eigenvalue weighted by molar-refractivity contribution is 0.109. The van der Waals surface area contributed by atoms with E-state index in [-0.39, 0.29) is 0 Å². The predicted molar refractivity (Wildman–Crippen MR) is 44.5 cm³/mol. The van der Waals surface area contributed by atoms with Crippen LogP contribution in [0.2, 0.25) is 0 Å². The van der Waals surface area contributed by atoms with Crippen molar-refractivity contribution < 1.29 is 4.74 Å². The molecule has 0 heterocycles. The van der Waals surface area contributed by atoms with Gasteiger partial charge in [-0.1, -0.05) is 12.8 Å². The number of methoxy groups -OCH3 is 1. The van der Waals surface area contributed by atoms with Crippen LogP contribution in [0.15, 0.2) is 0 Å². The van der Waals surface area contributed by atoms with Gasteiger partial charge in [-0.3, -0.25) is 0 Å². The Hall–Kier alpha value is -0.0800. The molecule has 0 N–H and O–H groups in total. The van der Waals surface area contributed by atoms with Gasteiger partial charge in [0.05, 0.1) is 6.10 Å². The first-order valence-corrected chi connectivity index (χ1v) is 3.89. The maximum absolute atomic E-state index is 5.10. The second kappa shape index (κ2) is 7.03. The molecule has 62 valence electrons. The van der Waals surface area contributed by atoms with Gasteiger partial charge in [0, 0.05) is 7.11 Å². The van der Waals surface area contributed by atoms with Crippen molar-refractivity contribution in [2.24, 2.45) is 0 Å². The third kappa shape index (κ3) is 6.05. The molecule has 2 nitrogen and oxygen atoms in total. The summed E-state index contributed by atoms with van der Waals surface area (Å²) in [5, 5.41) is 4.02. The molecule has 0 rings (SSSR count). The second-order valence-corrected chi connectivity index (χ2v) is 2.58. The smallest absolute Gasteiger partial charge is 0.0543 e. The summed E-state index contributed by atoms with van der Waals surface area (Å²) in [6.07, 6.45) is 4.00. The zero-order valence-electron chi connectivity index (χ0n) is 7.26. The van der Waals surface area contributed by atoms with Crippen molar-refractivity contribution in [2.45, 2.75) is 32.3 Å². The fourth-order valence-electron chi connectivity index (χ4n) is 0.820. The predicted octanol–water partition coefficient (Wildman–Crippen LogP) is 2.20. The lowest BCUT2D eigenvalue weighted by Crippen LogP contribution is -2.03. The molecule has 0 bridgehead atoms. The van der Waals surface area contributed by atoms with E-state index in [1.54, 1.807) is 7.11 Å². The molecule has 0 fully saturated rings. The summed E-state index contributed by atoms with van der Waals surface area (Å²) in [6, 6.07) is 0. The first-order valence-electron chi connectivity index (χ1n) is 3.89. The molecule has 0 saturated carbocycles. The van der Waals surface area contributed by atoms with Gasteiger partial charge in [-0.15, -0.1) is 6.54 Å². The molecular weight excluding hydrogens is 126 g/mol. The molecule has 0 radical (unpaired) electrons. The highest BCUT2D eigenvalue weighted by Crippen LogP contribution is 2.03. The van der Waals surface area contributed by atoms with Gasteiger partial charge in [0.25, 0.3) is 0 Å². The monoisotopic (exact) mass is 144 g/mol. The average molecular weight is 144 g/mol. The van der Waals surface area contributed by atoms with Gasteiger partial charge in [-0.25, -0.2) is 0 Å². The van der Waals surface area contributed by atoms with E-state index in [9.17, 15) is 0 Å². The molecule has 0 aliphatic heterocycles. The van der Waals surface area contributed by atoms with Gasteiger partial charge in [-0.05, 0) is 13.3 Å². The molecular formula is C8H18NO-. The molecule has 0 amide bonds. The summed E-state index contributed by atoms with van der Waals surface area (Å²) in [6.45, 7) is 3.10. The van der Waals surface area contributed by atoms with E-state index >= 15 is 0 Å². The largest absolute Gasteiger partial charge is 0.665 e. The van der Waals surface area contributed by atoms with Gasteiger partial charge in [0.2, 0.25) is 0 Å². The van der Waals surface area contributed by atoms with Crippen LogP contribution in [0.3, 0.4) is 0 Å². The molecule has 0 aromatic heterocycles. The number of ether oxygens (including phenoxy) is 1. The summed E-state index contributed by atoms with van der Waals surface area (Å²) in [4.78, 5) is 0. The Balaban J connectivity index is 2.89. The fraction of sp³-hybridized carbons (Fsp3) is 1.00. The molecule has 0 aliphatic carbocycles. The SMILES string of the molecule is C[N-]CCCC[C@H](C)OC. The minimum Gasteiger partial charge on any atom is -0.665 e. The van der Waals surface area contributed by atoms with Gasteiger partial charge in [0.15, 0.2) is 0 Å². The van der Waals surface area contributed by atoms with E-state index in [2.05, 4.69) is 12.2 Å². The summed E-state index contributed by atoms with van der Waals surface area (Å²) >= 11 is 0. The highest BCUT2D eigenvalue weighted by Gasteiger charge is 1.95. The van der Waals surface area contributed by atoms with Crippen LogP contribution in [0.4, 0.5) is 0 Å². The molecule has 0 spiro atoms. The van der Waals surface area contributed by atoms with Crippen molar-refractivity contribution in [3.63, 3.8) is 0 Å². The zero-order valence-corrected chi connectivity index (χ0v) is 7.26. The minimum absolute atomic E-state index is 0.414. The molecule has 0 aliphatic rings. The lowest BCUT2D eigenvalue weighted by Gasteiger charge is -2.12. The molecule has 1 atom stereocenters. The Bertz CT molecular complexity index is 66.3. The van der Waals surface area contributed by atoms with E-state index in [1.165, 1.54) is 12.8 Å². The Kier molecular flexibility index (Phi) is 6.98. The number of rotatable bonds is 6. The maximum atomic E-state index is 5.10. The first kappa shape index (κ1) is 9.92. The number of hydrogen-bond donors (Lipinski definition) is 0. The highest BCUT2D eigenvalue weighted by atomic mass is 16.5. The summed E-state index contributed by atoms with van der Waals surface area (Å²) in [5.74, 6) is 0. The fourth-order valence-corrected chi connectivity index (χ4v) is 0.820. The minimum atomic E-state index is 0.414. The van der Waals surface area contributed by atoms with Crippen molar-refractivity contribution >= 4 is 0 Å². The van der Waals surface area contributed by atoms with Crippen LogP contribution in [-0.4, -0.2) is 26.8 Å². The number of unbranched alkanes of at least 4 members (excludes halogenated alkanes) is 1. The molecule has 0 unspecified atom stereocenters. The van der Waals surface area contributed by atoms with Crippen LogP contribution in [0.5, 0.6) is 0 Å². The van der Waals surface area contributed by atoms with Crippen LogP contribution in [0.25, 0.3) is 5.32 Å². The molecule has 0 aromatic carbocycles. The summed E-state index contributed by atoms with van der Waals surface area (Å²) in [7, 11) is 3.62. The third-order valence-corrected chi connectivity index (χ3v) is 1.64. The van der Waals surface area contributed by atoms with E-state index in [0.29, 0.717) is 6.10 Å². The van der Waals surface area contributed by atoms with Crippen LogP contribution < -0.4 is 0 Å². The molecule has 2 heteroatoms. The quantitative estimate of drug-likeness (QED) is 0.524. The summed E-state index contributed by atoms with van der Waals surface area (Å²) < 4.78 is 5.10. The van der Waals surface area contributed by atoms with Crippen molar-refractivity contribution in [2.75, 3.05) is 20.7 Å². The lowest BCUT2D eigenvalue weighted by atomic mass is 10.2. The maximum Gasteiger partial charge on any atom is 0.0543 e. The van der Waals surface area contributed by atoms with Gasteiger partial charge >= 0.3 is 0 Å². The Morgan fingerprint density at radius 3 is 2.60 bits per heavy atom. The molecule has 10 heavy (non-hydrogen) atoms. The first-order chi connectivity index (χ1) is 4.81. The van der Waals surface area contributed by atoms with E-state index in [1.807, 2.05) is 7.05 Å². The van der Waals surface area contributed by atoms with Crippen LogP contribution in [0, 0.1) is 0 Å². The normalized spacial score (nSPS) is 13.5. The Morgan fingerprint density at radius 1 is 1.40 bits per heavy atom. The van der Waals surface area contributed by atoms with Crippen molar-refractivity contribution in [3.8, 4) is 0 Å². The highest BCUT2D eigenvalue weighted by molar-refractivity contribution is 4.68. The van der Waals surface area contributed by atoms with E-state index < -0.39 is 0 Å². The second-order valence-electron chi connectivity index (χ2n) is 2.58. The molecule has 0 saturated heterocycles. The van der Waals surface area contributed by atoms with Gasteiger partial charge in [0.1, 0.15) is 0 Å². The van der Waals surface area contributed by atoms with Crippen LogP contribution in [-0.2, 0) is 4.74 Å². The third-order valence-electron chi connectivity index (χ3n) is 1.64. The molecule has 0 aromatic rings. The van der Waals surface area contributed by atoms with Gasteiger partial charge in [-0.2, -0.15) is 7.05 Å². The number of nitrogens with zero attached hydrogens (tertiary/aromatic N) is 1. The zero-order chi connectivity index (χ0) is 7.82. The topological polar surface area (TPSA) is 23.3 Å². The van der Waals surface area contributed by atoms with Crippen LogP contribution in [0.1, 0.15) is 26.2 Å². The van der Waals surface area contributed by atoms with Gasteiger partial charge < -0.3 is 10.1 Å². The Labute approximate surface area is 64.0 Å². The van der Waals surface area contributed by atoms with Crippen molar-refractivity contribution in [3.05, 3.63) is 5.32 Å². The van der Waals surface area contributed by atoms with Crippen molar-refractivity contribution in [1.82, 2.24) is 0 Å².